The van der Waals surface area contributed by atoms with Gasteiger partial charge in [-0.2, -0.15) is 11.8 Å². The van der Waals surface area contributed by atoms with Crippen molar-refractivity contribution in [3.63, 3.8) is 0 Å². The Balaban J connectivity index is 1.99. The summed E-state index contributed by atoms with van der Waals surface area (Å²) in [5.41, 5.74) is 2.45. The zero-order valence-electron chi connectivity index (χ0n) is 8.51. The SMILES string of the molecule is CCCNCc1noc2c1CSCC2. The van der Waals surface area contributed by atoms with Gasteiger partial charge in [-0.3, -0.25) is 0 Å². The fourth-order valence-electron chi connectivity index (χ4n) is 1.60. The molecule has 0 saturated heterocycles. The quantitative estimate of drug-likeness (QED) is 0.774. The van der Waals surface area contributed by atoms with Crippen molar-refractivity contribution >= 4 is 11.8 Å². The number of fused-ring (bicyclic) bond motifs is 1. The first kappa shape index (κ1) is 10.1. The molecule has 14 heavy (non-hydrogen) atoms. The lowest BCUT2D eigenvalue weighted by atomic mass is 10.1. The van der Waals surface area contributed by atoms with Gasteiger partial charge in [-0.15, -0.1) is 0 Å². The Morgan fingerprint density at radius 1 is 1.57 bits per heavy atom. The van der Waals surface area contributed by atoms with Crippen LogP contribution < -0.4 is 5.32 Å². The standard InChI is InChI=1S/C10H16N2OS/c1-2-4-11-6-9-8-7-14-5-3-10(8)13-12-9/h11H,2-7H2,1H3. The van der Waals surface area contributed by atoms with Crippen LogP contribution in [0.3, 0.4) is 0 Å². The molecule has 0 bridgehead atoms. The van der Waals surface area contributed by atoms with Gasteiger partial charge >= 0.3 is 0 Å². The van der Waals surface area contributed by atoms with Gasteiger partial charge in [0, 0.05) is 30.0 Å². The van der Waals surface area contributed by atoms with Gasteiger partial charge in [0.25, 0.3) is 0 Å². The Labute approximate surface area is 88.6 Å². The number of aryl methyl sites for hydroxylation is 1. The van der Waals surface area contributed by atoms with Gasteiger partial charge < -0.3 is 9.84 Å². The van der Waals surface area contributed by atoms with Gasteiger partial charge in [0.1, 0.15) is 11.5 Å². The van der Waals surface area contributed by atoms with E-state index in [1.54, 1.807) is 0 Å². The highest BCUT2D eigenvalue weighted by molar-refractivity contribution is 7.98. The highest BCUT2D eigenvalue weighted by Gasteiger charge is 2.18. The number of nitrogens with one attached hydrogen (secondary N) is 1. The summed E-state index contributed by atoms with van der Waals surface area (Å²) in [5.74, 6) is 3.35. The second-order valence-electron chi connectivity index (χ2n) is 3.51. The maximum absolute atomic E-state index is 5.31. The summed E-state index contributed by atoms with van der Waals surface area (Å²) in [4.78, 5) is 0. The molecule has 2 rings (SSSR count). The van der Waals surface area contributed by atoms with E-state index in [2.05, 4.69) is 17.4 Å². The van der Waals surface area contributed by atoms with Crippen LogP contribution in [0.1, 0.15) is 30.4 Å². The Morgan fingerprint density at radius 2 is 2.50 bits per heavy atom. The maximum atomic E-state index is 5.31. The zero-order chi connectivity index (χ0) is 9.80. The van der Waals surface area contributed by atoms with Crippen LogP contribution in [-0.4, -0.2) is 17.5 Å². The van der Waals surface area contributed by atoms with Crippen LogP contribution in [0, 0.1) is 0 Å². The molecule has 1 N–H and O–H groups in total. The number of rotatable bonds is 4. The van der Waals surface area contributed by atoms with Gasteiger partial charge in [0.05, 0.1) is 0 Å². The Morgan fingerprint density at radius 3 is 3.36 bits per heavy atom. The van der Waals surface area contributed by atoms with E-state index in [0.29, 0.717) is 0 Å². The monoisotopic (exact) mass is 212 g/mol. The molecular weight excluding hydrogens is 196 g/mol. The Kier molecular flexibility index (Phi) is 3.48. The molecule has 1 aliphatic heterocycles. The number of hydrogen-bond donors (Lipinski definition) is 1. The van der Waals surface area contributed by atoms with Crippen molar-refractivity contribution in [2.45, 2.75) is 32.1 Å². The molecule has 0 unspecified atom stereocenters. The van der Waals surface area contributed by atoms with Crippen molar-refractivity contribution in [2.24, 2.45) is 0 Å². The summed E-state index contributed by atoms with van der Waals surface area (Å²) in [6.07, 6.45) is 2.20. The van der Waals surface area contributed by atoms with E-state index >= 15 is 0 Å². The molecule has 4 heteroatoms. The summed E-state index contributed by atoms with van der Waals surface area (Å²) in [6, 6.07) is 0. The van der Waals surface area contributed by atoms with Gasteiger partial charge in [0.15, 0.2) is 0 Å². The van der Waals surface area contributed by atoms with Crippen LogP contribution in [0.5, 0.6) is 0 Å². The molecule has 0 spiro atoms. The first-order chi connectivity index (χ1) is 6.92. The summed E-state index contributed by atoms with van der Waals surface area (Å²) in [6.45, 7) is 4.07. The van der Waals surface area contributed by atoms with Crippen molar-refractivity contribution < 1.29 is 4.52 Å². The number of aromatic nitrogens is 1. The third kappa shape index (κ3) is 2.12. The van der Waals surface area contributed by atoms with Gasteiger partial charge in [-0.05, 0) is 13.0 Å². The first-order valence-corrected chi connectivity index (χ1v) is 6.32. The molecule has 2 heterocycles. The predicted octanol–water partition coefficient (Wildman–Crippen LogP) is 1.96. The van der Waals surface area contributed by atoms with Gasteiger partial charge in [0.2, 0.25) is 0 Å². The van der Waals surface area contributed by atoms with Crippen molar-refractivity contribution in [1.82, 2.24) is 10.5 Å². The van der Waals surface area contributed by atoms with Crippen molar-refractivity contribution in [1.29, 1.82) is 0 Å². The van der Waals surface area contributed by atoms with E-state index in [1.807, 2.05) is 11.8 Å². The summed E-state index contributed by atoms with van der Waals surface area (Å²) < 4.78 is 5.31. The van der Waals surface area contributed by atoms with Crippen LogP contribution in [0.15, 0.2) is 4.52 Å². The second-order valence-corrected chi connectivity index (χ2v) is 4.62. The van der Waals surface area contributed by atoms with Crippen LogP contribution in [0.2, 0.25) is 0 Å². The van der Waals surface area contributed by atoms with Gasteiger partial charge in [-0.25, -0.2) is 0 Å². The molecule has 3 nitrogen and oxygen atoms in total. The minimum absolute atomic E-state index is 0.854. The van der Waals surface area contributed by atoms with Gasteiger partial charge in [-0.1, -0.05) is 12.1 Å². The van der Waals surface area contributed by atoms with E-state index in [1.165, 1.54) is 11.3 Å². The van der Waals surface area contributed by atoms with E-state index in [4.69, 9.17) is 4.52 Å². The number of thioether (sulfide) groups is 1. The van der Waals surface area contributed by atoms with E-state index in [0.717, 1.165) is 43.1 Å². The molecule has 0 atom stereocenters. The molecule has 1 aromatic heterocycles. The molecule has 0 fully saturated rings. The summed E-state index contributed by atoms with van der Waals surface area (Å²) in [5, 5.41) is 7.47. The highest BCUT2D eigenvalue weighted by Crippen LogP contribution is 2.26. The average molecular weight is 212 g/mol. The summed E-state index contributed by atoms with van der Waals surface area (Å²) in [7, 11) is 0. The largest absolute Gasteiger partial charge is 0.361 e. The zero-order valence-corrected chi connectivity index (χ0v) is 9.32. The molecule has 1 aliphatic rings. The molecule has 1 aromatic rings. The minimum atomic E-state index is 0.854. The van der Waals surface area contributed by atoms with Crippen LogP contribution in [-0.2, 0) is 18.7 Å². The lowest BCUT2D eigenvalue weighted by molar-refractivity contribution is 0.378. The van der Waals surface area contributed by atoms with E-state index < -0.39 is 0 Å². The Bertz CT molecular complexity index is 298. The highest BCUT2D eigenvalue weighted by atomic mass is 32.2. The average Bonchev–Trinajstić information content (AvgIpc) is 2.63. The smallest absolute Gasteiger partial charge is 0.141 e. The normalized spacial score (nSPS) is 15.5. The third-order valence-electron chi connectivity index (χ3n) is 2.39. The summed E-state index contributed by atoms with van der Waals surface area (Å²) >= 11 is 1.97. The minimum Gasteiger partial charge on any atom is -0.361 e. The fourth-order valence-corrected chi connectivity index (χ4v) is 2.61. The molecular formula is C10H16N2OS. The molecule has 0 aliphatic carbocycles. The fraction of sp³-hybridized carbons (Fsp3) is 0.700. The van der Waals surface area contributed by atoms with Crippen LogP contribution >= 0.6 is 11.8 Å². The lowest BCUT2D eigenvalue weighted by Crippen LogP contribution is -2.15. The van der Waals surface area contributed by atoms with E-state index in [9.17, 15) is 0 Å². The molecule has 78 valence electrons. The van der Waals surface area contributed by atoms with Crippen LogP contribution in [0.25, 0.3) is 0 Å². The predicted molar refractivity (Wildman–Crippen MR) is 58.4 cm³/mol. The maximum Gasteiger partial charge on any atom is 0.141 e. The van der Waals surface area contributed by atoms with E-state index in [-0.39, 0.29) is 0 Å². The second kappa shape index (κ2) is 4.84. The van der Waals surface area contributed by atoms with Crippen molar-refractivity contribution in [3.8, 4) is 0 Å². The molecule has 0 saturated carbocycles. The first-order valence-electron chi connectivity index (χ1n) is 5.16. The topological polar surface area (TPSA) is 38.1 Å². The number of nitrogens with zero attached hydrogens (tertiary/aromatic N) is 1. The third-order valence-corrected chi connectivity index (χ3v) is 3.38. The molecule has 0 amide bonds. The lowest BCUT2D eigenvalue weighted by Gasteiger charge is -2.09. The van der Waals surface area contributed by atoms with Crippen molar-refractivity contribution in [2.75, 3.05) is 12.3 Å². The van der Waals surface area contributed by atoms with Crippen LogP contribution in [0.4, 0.5) is 0 Å². The number of hydrogen-bond acceptors (Lipinski definition) is 4. The Hall–Kier alpha value is -0.480. The van der Waals surface area contributed by atoms with Crippen molar-refractivity contribution in [3.05, 3.63) is 17.0 Å². The molecule has 0 radical (unpaired) electrons. The molecule has 0 aromatic carbocycles.